The molecule has 1 aromatic heterocycles. The van der Waals surface area contributed by atoms with Crippen LogP contribution in [0, 0.1) is 11.3 Å². The van der Waals surface area contributed by atoms with E-state index in [9.17, 15) is 13.2 Å². The maximum absolute atomic E-state index is 12.8. The molecule has 0 fully saturated rings. The maximum atomic E-state index is 12.8. The summed E-state index contributed by atoms with van der Waals surface area (Å²) in [6, 6.07) is 8.55. The van der Waals surface area contributed by atoms with Crippen LogP contribution in [0.4, 0.5) is 13.2 Å². The number of aromatic nitrogens is 2. The molecule has 0 N–H and O–H groups in total. The van der Waals surface area contributed by atoms with E-state index in [0.29, 0.717) is 10.8 Å². The summed E-state index contributed by atoms with van der Waals surface area (Å²) in [5, 5.41) is 13.2. The van der Waals surface area contributed by atoms with Gasteiger partial charge in [-0.15, -0.1) is 11.8 Å². The van der Waals surface area contributed by atoms with Crippen LogP contribution in [-0.4, -0.2) is 9.78 Å². The second-order valence-electron chi connectivity index (χ2n) is 4.18. The summed E-state index contributed by atoms with van der Waals surface area (Å²) in [7, 11) is 1.39. The summed E-state index contributed by atoms with van der Waals surface area (Å²) in [5.41, 5.74) is -0.696. The molecule has 0 amide bonds. The molecule has 0 saturated heterocycles. The summed E-state index contributed by atoms with van der Waals surface area (Å²) >= 11 is 6.90. The fourth-order valence-corrected chi connectivity index (χ4v) is 2.84. The highest BCUT2D eigenvalue weighted by atomic mass is 35.5. The molecule has 0 saturated carbocycles. The molecule has 2 rings (SSSR count). The molecule has 1 aromatic carbocycles. The number of alkyl halides is 3. The van der Waals surface area contributed by atoms with Crippen LogP contribution in [0.2, 0.25) is 5.02 Å². The molecule has 0 bridgehead atoms. The quantitative estimate of drug-likeness (QED) is 0.789. The Kier molecular flexibility index (Phi) is 4.49. The third kappa shape index (κ3) is 3.52. The minimum atomic E-state index is -4.64. The Hall–Kier alpha value is -1.65. The molecular formula is C13H9ClF3N3S. The van der Waals surface area contributed by atoms with Gasteiger partial charge in [-0.3, -0.25) is 4.68 Å². The van der Waals surface area contributed by atoms with Gasteiger partial charge in [0.15, 0.2) is 5.69 Å². The topological polar surface area (TPSA) is 41.6 Å². The molecule has 0 atom stereocenters. The van der Waals surface area contributed by atoms with Crippen LogP contribution in [0.5, 0.6) is 0 Å². The Morgan fingerprint density at radius 1 is 1.33 bits per heavy atom. The second-order valence-corrected chi connectivity index (χ2v) is 5.58. The lowest BCUT2D eigenvalue weighted by molar-refractivity contribution is -0.141. The number of benzene rings is 1. The first-order valence-electron chi connectivity index (χ1n) is 5.74. The largest absolute Gasteiger partial charge is 0.436 e. The Balaban J connectivity index is 2.26. The summed E-state index contributed by atoms with van der Waals surface area (Å²) in [6.45, 7) is 0. The van der Waals surface area contributed by atoms with E-state index in [1.165, 1.54) is 7.05 Å². The predicted octanol–water partition coefficient (Wildman–Crippen LogP) is 4.26. The third-order valence-electron chi connectivity index (χ3n) is 2.66. The number of hydrogen-bond acceptors (Lipinski definition) is 3. The molecule has 2 aromatic rings. The van der Waals surface area contributed by atoms with Crippen molar-refractivity contribution in [3.05, 3.63) is 46.1 Å². The molecule has 1 heterocycles. The van der Waals surface area contributed by atoms with E-state index >= 15 is 0 Å². The average molecular weight is 332 g/mol. The Morgan fingerprint density at radius 2 is 1.95 bits per heavy atom. The van der Waals surface area contributed by atoms with Gasteiger partial charge in [-0.2, -0.15) is 23.5 Å². The van der Waals surface area contributed by atoms with Gasteiger partial charge in [0.25, 0.3) is 0 Å². The van der Waals surface area contributed by atoms with Gasteiger partial charge in [-0.1, -0.05) is 23.7 Å². The van der Waals surface area contributed by atoms with E-state index < -0.39 is 17.4 Å². The lowest BCUT2D eigenvalue weighted by atomic mass is 10.2. The smallest absolute Gasteiger partial charge is 0.260 e. The monoisotopic (exact) mass is 331 g/mol. The predicted molar refractivity (Wildman–Crippen MR) is 73.9 cm³/mol. The molecule has 0 unspecified atom stereocenters. The SMILES string of the molecule is Cn1nc(C(F)(F)F)c(C#N)c1SCc1ccc(Cl)cc1. The van der Waals surface area contributed by atoms with E-state index in [-0.39, 0.29) is 5.03 Å². The fourth-order valence-electron chi connectivity index (χ4n) is 1.71. The van der Waals surface area contributed by atoms with E-state index in [0.717, 1.165) is 22.0 Å². The van der Waals surface area contributed by atoms with E-state index in [1.54, 1.807) is 30.3 Å². The van der Waals surface area contributed by atoms with Gasteiger partial charge in [0, 0.05) is 17.8 Å². The first-order chi connectivity index (χ1) is 9.82. The van der Waals surface area contributed by atoms with Crippen molar-refractivity contribution in [2.24, 2.45) is 7.05 Å². The van der Waals surface area contributed by atoms with Crippen LogP contribution in [-0.2, 0) is 19.0 Å². The molecule has 0 aliphatic heterocycles. The highest BCUT2D eigenvalue weighted by Crippen LogP contribution is 2.36. The number of rotatable bonds is 3. The van der Waals surface area contributed by atoms with Gasteiger partial charge in [0.05, 0.1) is 0 Å². The van der Waals surface area contributed by atoms with Crippen molar-refractivity contribution >= 4 is 23.4 Å². The van der Waals surface area contributed by atoms with Crippen molar-refractivity contribution in [1.82, 2.24) is 9.78 Å². The van der Waals surface area contributed by atoms with Crippen LogP contribution in [0.15, 0.2) is 29.3 Å². The zero-order valence-corrected chi connectivity index (χ0v) is 12.4. The van der Waals surface area contributed by atoms with Crippen molar-refractivity contribution < 1.29 is 13.2 Å². The number of halogens is 4. The molecule has 0 aliphatic rings. The third-order valence-corrected chi connectivity index (χ3v) is 4.14. The van der Waals surface area contributed by atoms with Crippen molar-refractivity contribution in [2.75, 3.05) is 0 Å². The zero-order valence-electron chi connectivity index (χ0n) is 10.8. The molecular weight excluding hydrogens is 323 g/mol. The van der Waals surface area contributed by atoms with E-state index in [1.807, 2.05) is 0 Å². The van der Waals surface area contributed by atoms with Crippen LogP contribution in [0.1, 0.15) is 16.8 Å². The summed E-state index contributed by atoms with van der Waals surface area (Å²) in [5.74, 6) is 0.419. The normalized spacial score (nSPS) is 11.4. The van der Waals surface area contributed by atoms with Gasteiger partial charge in [-0.05, 0) is 17.7 Å². The molecule has 3 nitrogen and oxygen atoms in total. The van der Waals surface area contributed by atoms with Gasteiger partial charge < -0.3 is 0 Å². The number of hydrogen-bond donors (Lipinski definition) is 0. The van der Waals surface area contributed by atoms with Gasteiger partial charge >= 0.3 is 6.18 Å². The minimum absolute atomic E-state index is 0.194. The van der Waals surface area contributed by atoms with Crippen molar-refractivity contribution in [3.63, 3.8) is 0 Å². The second kappa shape index (κ2) is 6.00. The summed E-state index contributed by atoms with van der Waals surface area (Å²) < 4.78 is 39.4. The molecule has 110 valence electrons. The summed E-state index contributed by atoms with van der Waals surface area (Å²) in [4.78, 5) is 0. The van der Waals surface area contributed by atoms with Gasteiger partial charge in [-0.25, -0.2) is 0 Å². The Labute approximate surface area is 128 Å². The van der Waals surface area contributed by atoms with Crippen LogP contribution in [0.25, 0.3) is 0 Å². The Morgan fingerprint density at radius 3 is 2.48 bits per heavy atom. The minimum Gasteiger partial charge on any atom is -0.260 e. The van der Waals surface area contributed by atoms with Crippen molar-refractivity contribution in [2.45, 2.75) is 17.0 Å². The number of nitriles is 1. The fraction of sp³-hybridized carbons (Fsp3) is 0.231. The molecule has 21 heavy (non-hydrogen) atoms. The summed E-state index contributed by atoms with van der Waals surface area (Å²) in [6.07, 6.45) is -4.64. The highest BCUT2D eigenvalue weighted by molar-refractivity contribution is 7.98. The first-order valence-corrected chi connectivity index (χ1v) is 7.11. The lowest BCUT2D eigenvalue weighted by Crippen LogP contribution is -2.08. The zero-order chi connectivity index (χ0) is 15.6. The van der Waals surface area contributed by atoms with Crippen LogP contribution in [0.3, 0.4) is 0 Å². The molecule has 0 radical (unpaired) electrons. The van der Waals surface area contributed by atoms with E-state index in [2.05, 4.69) is 5.10 Å². The Bertz CT molecular complexity index is 686. The van der Waals surface area contributed by atoms with Crippen LogP contribution < -0.4 is 0 Å². The standard InChI is InChI=1S/C13H9ClF3N3S/c1-20-12(10(6-18)11(19-20)13(15,16)17)21-7-8-2-4-9(14)5-3-8/h2-5H,7H2,1H3. The lowest BCUT2D eigenvalue weighted by Gasteiger charge is -2.03. The van der Waals surface area contributed by atoms with E-state index in [4.69, 9.17) is 16.9 Å². The number of aryl methyl sites for hydroxylation is 1. The van der Waals surface area contributed by atoms with Crippen LogP contribution >= 0.6 is 23.4 Å². The first kappa shape index (κ1) is 15.7. The number of nitrogens with zero attached hydrogens (tertiary/aromatic N) is 3. The van der Waals surface area contributed by atoms with Gasteiger partial charge in [0.2, 0.25) is 0 Å². The maximum Gasteiger partial charge on any atom is 0.436 e. The molecule has 0 aliphatic carbocycles. The number of thioether (sulfide) groups is 1. The van der Waals surface area contributed by atoms with Gasteiger partial charge in [0.1, 0.15) is 16.7 Å². The molecule has 0 spiro atoms. The van der Waals surface area contributed by atoms with Crippen molar-refractivity contribution in [1.29, 1.82) is 5.26 Å². The van der Waals surface area contributed by atoms with Crippen molar-refractivity contribution in [3.8, 4) is 6.07 Å². The highest BCUT2D eigenvalue weighted by Gasteiger charge is 2.39. The average Bonchev–Trinajstić information content (AvgIpc) is 2.74. The molecule has 8 heteroatoms.